The minimum atomic E-state index is -0.133. The lowest BCUT2D eigenvalue weighted by atomic mass is 10.2. The molecular formula is C22H15BrN2O2. The van der Waals surface area contributed by atoms with Crippen molar-refractivity contribution in [3.8, 4) is 11.4 Å². The Morgan fingerprint density at radius 2 is 1.67 bits per heavy atom. The molecule has 0 radical (unpaired) electrons. The number of phenols is 1. The van der Waals surface area contributed by atoms with Gasteiger partial charge in [0, 0.05) is 10.0 Å². The number of aromatic nitrogens is 2. The molecule has 3 aromatic carbocycles. The first-order valence-corrected chi connectivity index (χ1v) is 9.16. The van der Waals surface area contributed by atoms with Gasteiger partial charge in [-0.3, -0.25) is 9.36 Å². The molecule has 5 heteroatoms. The van der Waals surface area contributed by atoms with Gasteiger partial charge in [-0.1, -0.05) is 52.3 Å². The maximum atomic E-state index is 13.1. The van der Waals surface area contributed by atoms with Gasteiger partial charge in [0.05, 0.1) is 16.6 Å². The fourth-order valence-electron chi connectivity index (χ4n) is 2.91. The summed E-state index contributed by atoms with van der Waals surface area (Å²) in [4.78, 5) is 17.8. The molecule has 27 heavy (non-hydrogen) atoms. The van der Waals surface area contributed by atoms with Gasteiger partial charge in [0.25, 0.3) is 5.56 Å². The number of halogens is 1. The standard InChI is InChI=1S/C22H15BrN2O2/c23-16-12-10-15(20(26)14-16)11-13-21-24-19-9-5-4-8-18(19)22(27)25(21)17-6-2-1-3-7-17/h1-14,26H. The number of nitrogens with zero attached hydrogens (tertiary/aromatic N) is 2. The summed E-state index contributed by atoms with van der Waals surface area (Å²) in [7, 11) is 0. The molecule has 4 nitrogen and oxygen atoms in total. The molecule has 0 aliphatic heterocycles. The zero-order valence-electron chi connectivity index (χ0n) is 14.2. The number of phenolic OH excluding ortho intramolecular Hbond substituents is 1. The van der Waals surface area contributed by atoms with Crippen LogP contribution in [0.2, 0.25) is 0 Å². The molecule has 0 aliphatic carbocycles. The number of benzene rings is 3. The highest BCUT2D eigenvalue weighted by molar-refractivity contribution is 9.10. The van der Waals surface area contributed by atoms with Crippen molar-refractivity contribution in [3.05, 3.63) is 99.0 Å². The number of rotatable bonds is 3. The van der Waals surface area contributed by atoms with Crippen LogP contribution >= 0.6 is 15.9 Å². The summed E-state index contributed by atoms with van der Waals surface area (Å²) >= 11 is 3.33. The summed E-state index contributed by atoms with van der Waals surface area (Å²) in [6.07, 6.45) is 3.49. The van der Waals surface area contributed by atoms with Crippen LogP contribution in [0, 0.1) is 0 Å². The number of hydrogen-bond acceptors (Lipinski definition) is 3. The first-order chi connectivity index (χ1) is 13.1. The lowest BCUT2D eigenvalue weighted by Gasteiger charge is -2.11. The van der Waals surface area contributed by atoms with E-state index in [1.165, 1.54) is 0 Å². The van der Waals surface area contributed by atoms with E-state index in [2.05, 4.69) is 20.9 Å². The van der Waals surface area contributed by atoms with Gasteiger partial charge in [0.2, 0.25) is 0 Å². The number of hydrogen-bond donors (Lipinski definition) is 1. The quantitative estimate of drug-likeness (QED) is 0.507. The average molecular weight is 419 g/mol. The molecule has 1 aromatic heterocycles. The van der Waals surface area contributed by atoms with Gasteiger partial charge in [0.1, 0.15) is 11.6 Å². The molecule has 0 fully saturated rings. The second-order valence-corrected chi connectivity index (χ2v) is 6.92. The monoisotopic (exact) mass is 418 g/mol. The Morgan fingerprint density at radius 1 is 0.926 bits per heavy atom. The van der Waals surface area contributed by atoms with E-state index in [1.54, 1.807) is 34.9 Å². The van der Waals surface area contributed by atoms with Crippen LogP contribution in [0.4, 0.5) is 0 Å². The summed E-state index contributed by atoms with van der Waals surface area (Å²) < 4.78 is 2.37. The van der Waals surface area contributed by atoms with Crippen LogP contribution < -0.4 is 5.56 Å². The van der Waals surface area contributed by atoms with Gasteiger partial charge in [-0.25, -0.2) is 4.98 Å². The van der Waals surface area contributed by atoms with Crippen LogP contribution in [0.25, 0.3) is 28.7 Å². The lowest BCUT2D eigenvalue weighted by Crippen LogP contribution is -2.22. The first-order valence-electron chi connectivity index (χ1n) is 8.37. The summed E-state index contributed by atoms with van der Waals surface area (Å²) in [5.41, 5.74) is 1.88. The van der Waals surface area contributed by atoms with Crippen molar-refractivity contribution in [2.45, 2.75) is 0 Å². The van der Waals surface area contributed by atoms with Crippen molar-refractivity contribution in [1.29, 1.82) is 0 Å². The average Bonchev–Trinajstić information content (AvgIpc) is 2.68. The highest BCUT2D eigenvalue weighted by atomic mass is 79.9. The molecular weight excluding hydrogens is 404 g/mol. The van der Waals surface area contributed by atoms with Crippen molar-refractivity contribution in [2.75, 3.05) is 0 Å². The van der Waals surface area contributed by atoms with E-state index >= 15 is 0 Å². The van der Waals surface area contributed by atoms with Crippen LogP contribution in [-0.2, 0) is 0 Å². The molecule has 0 saturated carbocycles. The summed E-state index contributed by atoms with van der Waals surface area (Å²) in [5.74, 6) is 0.641. The number of fused-ring (bicyclic) bond motifs is 1. The summed E-state index contributed by atoms with van der Waals surface area (Å²) in [5, 5.41) is 10.7. The van der Waals surface area contributed by atoms with Gasteiger partial charge < -0.3 is 5.11 Å². The molecule has 1 heterocycles. The molecule has 0 aliphatic rings. The largest absolute Gasteiger partial charge is 0.507 e. The molecule has 0 unspecified atom stereocenters. The van der Waals surface area contributed by atoms with Crippen molar-refractivity contribution >= 4 is 39.0 Å². The van der Waals surface area contributed by atoms with E-state index in [-0.39, 0.29) is 11.3 Å². The second kappa shape index (κ2) is 7.21. The van der Waals surface area contributed by atoms with Gasteiger partial charge in [-0.05, 0) is 48.6 Å². The van der Waals surface area contributed by atoms with Gasteiger partial charge in [0.15, 0.2) is 0 Å². The highest BCUT2D eigenvalue weighted by Gasteiger charge is 2.10. The minimum absolute atomic E-state index is 0.133. The van der Waals surface area contributed by atoms with Gasteiger partial charge in [-0.15, -0.1) is 0 Å². The Labute approximate surface area is 164 Å². The third-order valence-corrected chi connectivity index (χ3v) is 4.71. The molecule has 0 amide bonds. The second-order valence-electron chi connectivity index (χ2n) is 6.00. The first kappa shape index (κ1) is 17.2. The van der Waals surface area contributed by atoms with Gasteiger partial charge >= 0.3 is 0 Å². The lowest BCUT2D eigenvalue weighted by molar-refractivity contribution is 0.473. The smallest absolute Gasteiger partial charge is 0.266 e. The zero-order chi connectivity index (χ0) is 18.8. The van der Waals surface area contributed by atoms with E-state index in [4.69, 9.17) is 0 Å². The number of aromatic hydroxyl groups is 1. The molecule has 0 bridgehead atoms. The Hall–Kier alpha value is -3.18. The zero-order valence-corrected chi connectivity index (χ0v) is 15.8. The Kier molecular flexibility index (Phi) is 4.60. The third-order valence-electron chi connectivity index (χ3n) is 4.22. The van der Waals surface area contributed by atoms with Gasteiger partial charge in [-0.2, -0.15) is 0 Å². The molecule has 0 saturated heterocycles. The third kappa shape index (κ3) is 3.41. The topological polar surface area (TPSA) is 55.1 Å². The maximum absolute atomic E-state index is 13.1. The molecule has 1 N–H and O–H groups in total. The Morgan fingerprint density at radius 3 is 2.44 bits per heavy atom. The summed E-state index contributed by atoms with van der Waals surface area (Å²) in [6, 6.07) is 21.9. The van der Waals surface area contributed by atoms with E-state index in [0.717, 1.165) is 10.2 Å². The summed E-state index contributed by atoms with van der Waals surface area (Å²) in [6.45, 7) is 0. The Balaban J connectivity index is 1.93. The van der Waals surface area contributed by atoms with Crippen LogP contribution in [0.15, 0.2) is 82.1 Å². The van der Waals surface area contributed by atoms with E-state index in [0.29, 0.717) is 22.3 Å². The van der Waals surface area contributed by atoms with Crippen molar-refractivity contribution in [2.24, 2.45) is 0 Å². The fourth-order valence-corrected chi connectivity index (χ4v) is 3.26. The fraction of sp³-hybridized carbons (Fsp3) is 0. The van der Waals surface area contributed by atoms with Crippen LogP contribution in [0.3, 0.4) is 0 Å². The number of para-hydroxylation sites is 2. The van der Waals surface area contributed by atoms with Crippen LogP contribution in [0.1, 0.15) is 11.4 Å². The molecule has 132 valence electrons. The predicted molar refractivity (Wildman–Crippen MR) is 112 cm³/mol. The van der Waals surface area contributed by atoms with E-state index in [9.17, 15) is 9.90 Å². The van der Waals surface area contributed by atoms with Crippen LogP contribution in [-0.4, -0.2) is 14.7 Å². The molecule has 4 rings (SSSR count). The Bertz CT molecular complexity index is 1210. The SMILES string of the molecule is O=c1c2ccccc2nc(C=Cc2ccc(Br)cc2O)n1-c1ccccc1. The highest BCUT2D eigenvalue weighted by Crippen LogP contribution is 2.24. The minimum Gasteiger partial charge on any atom is -0.507 e. The molecule has 0 atom stereocenters. The van der Waals surface area contributed by atoms with Crippen molar-refractivity contribution < 1.29 is 5.11 Å². The van der Waals surface area contributed by atoms with Crippen molar-refractivity contribution in [3.63, 3.8) is 0 Å². The maximum Gasteiger partial charge on any atom is 0.266 e. The van der Waals surface area contributed by atoms with E-state index < -0.39 is 0 Å². The van der Waals surface area contributed by atoms with Crippen molar-refractivity contribution in [1.82, 2.24) is 9.55 Å². The molecule has 4 aromatic rings. The molecule has 0 spiro atoms. The normalized spacial score (nSPS) is 11.3. The van der Waals surface area contributed by atoms with Crippen LogP contribution in [0.5, 0.6) is 5.75 Å². The van der Waals surface area contributed by atoms with E-state index in [1.807, 2.05) is 54.6 Å². The predicted octanol–water partition coefficient (Wildman–Crippen LogP) is 5.02.